The molecule has 0 fully saturated rings. The van der Waals surface area contributed by atoms with E-state index in [2.05, 4.69) is 47.7 Å². The molecule has 8 heteroatoms. The van der Waals surface area contributed by atoms with Crippen molar-refractivity contribution in [2.45, 2.75) is 265 Å². The van der Waals surface area contributed by atoms with E-state index < -0.39 is 0 Å². The van der Waals surface area contributed by atoms with E-state index in [1.165, 1.54) is 212 Å². The van der Waals surface area contributed by atoms with Crippen LogP contribution in [0, 0.1) is 0 Å². The average Bonchev–Trinajstić information content (AvgIpc) is 3.30. The van der Waals surface area contributed by atoms with Crippen molar-refractivity contribution in [2.75, 3.05) is 78.5 Å². The Morgan fingerprint density at radius 1 is 0.344 bits per heavy atom. The van der Waals surface area contributed by atoms with Gasteiger partial charge in [-0.25, -0.2) is 0 Å². The van der Waals surface area contributed by atoms with Gasteiger partial charge < -0.3 is 24.8 Å². The summed E-state index contributed by atoms with van der Waals surface area (Å²) in [5.41, 5.74) is 0. The molecule has 0 aromatic heterocycles. The SMILES string of the molecule is CCCCCCCCCCCCCCN(CCCCCC=O)CCCN(CCNC=O)C(=O)CN(CCCCCCCCC)CCN(CCCCCCCC)CCCCCCCCC. The van der Waals surface area contributed by atoms with Crippen molar-refractivity contribution in [3.63, 3.8) is 0 Å². The van der Waals surface area contributed by atoms with Gasteiger partial charge in [0.2, 0.25) is 12.3 Å². The number of aldehydes is 1. The molecule has 0 radical (unpaired) electrons. The number of hydrogen-bond donors (Lipinski definition) is 1. The predicted molar refractivity (Wildman–Crippen MR) is 280 cm³/mol. The second-order valence-corrected chi connectivity index (χ2v) is 19.7. The van der Waals surface area contributed by atoms with Crippen LogP contribution in [0.15, 0.2) is 0 Å². The number of nitrogens with zero attached hydrogens (tertiary/aromatic N) is 4. The first-order valence-corrected chi connectivity index (χ1v) is 28.6. The molecular formula is C56H113N5O3. The fourth-order valence-corrected chi connectivity index (χ4v) is 9.24. The quantitative estimate of drug-likeness (QED) is 0.0484. The Balaban J connectivity index is 5.51. The molecule has 2 amide bonds. The normalized spacial score (nSPS) is 11.7. The highest BCUT2D eigenvalue weighted by molar-refractivity contribution is 5.78. The summed E-state index contributed by atoms with van der Waals surface area (Å²) in [7, 11) is 0. The second-order valence-electron chi connectivity index (χ2n) is 19.7. The maximum absolute atomic E-state index is 14.3. The van der Waals surface area contributed by atoms with E-state index in [0.29, 0.717) is 26.1 Å². The summed E-state index contributed by atoms with van der Waals surface area (Å²) in [6.07, 6.45) is 49.3. The largest absolute Gasteiger partial charge is 0.357 e. The highest BCUT2D eigenvalue weighted by Gasteiger charge is 2.19. The minimum Gasteiger partial charge on any atom is -0.357 e. The molecular weight excluding hydrogens is 791 g/mol. The molecule has 0 aromatic rings. The number of unbranched alkanes of at least 4 members (excludes halogenated alkanes) is 31. The van der Waals surface area contributed by atoms with E-state index in [1.807, 2.05) is 4.90 Å². The monoisotopic (exact) mass is 904 g/mol. The maximum Gasteiger partial charge on any atom is 0.236 e. The van der Waals surface area contributed by atoms with Crippen LogP contribution in [-0.2, 0) is 14.4 Å². The topological polar surface area (TPSA) is 76.2 Å². The fraction of sp³-hybridized carbons (Fsp3) is 0.946. The first-order valence-electron chi connectivity index (χ1n) is 28.6. The molecule has 0 rings (SSSR count). The molecule has 0 aliphatic heterocycles. The van der Waals surface area contributed by atoms with Gasteiger partial charge in [0.1, 0.15) is 6.29 Å². The van der Waals surface area contributed by atoms with Crippen LogP contribution < -0.4 is 5.32 Å². The van der Waals surface area contributed by atoms with Gasteiger partial charge in [-0.05, 0) is 84.2 Å². The van der Waals surface area contributed by atoms with E-state index in [9.17, 15) is 14.4 Å². The maximum atomic E-state index is 14.3. The van der Waals surface area contributed by atoms with Crippen LogP contribution in [0.25, 0.3) is 0 Å². The summed E-state index contributed by atoms with van der Waals surface area (Å²) in [4.78, 5) is 46.4. The van der Waals surface area contributed by atoms with E-state index in [-0.39, 0.29) is 5.91 Å². The number of carbonyl (C=O) groups excluding carboxylic acids is 3. The molecule has 0 saturated carbocycles. The number of carbonyl (C=O) groups is 3. The summed E-state index contributed by atoms with van der Waals surface area (Å²) in [6, 6.07) is 0. The minimum atomic E-state index is 0.214. The second kappa shape index (κ2) is 52.5. The van der Waals surface area contributed by atoms with Gasteiger partial charge in [-0.15, -0.1) is 0 Å². The molecule has 0 saturated heterocycles. The van der Waals surface area contributed by atoms with Crippen molar-refractivity contribution in [3.8, 4) is 0 Å². The molecule has 0 bridgehead atoms. The van der Waals surface area contributed by atoms with E-state index in [4.69, 9.17) is 0 Å². The molecule has 0 spiro atoms. The lowest BCUT2D eigenvalue weighted by molar-refractivity contribution is -0.132. The fourth-order valence-electron chi connectivity index (χ4n) is 9.24. The summed E-state index contributed by atoms with van der Waals surface area (Å²) in [6.45, 7) is 19.9. The molecule has 1 N–H and O–H groups in total. The molecule has 0 aliphatic carbocycles. The predicted octanol–water partition coefficient (Wildman–Crippen LogP) is 14.2. The van der Waals surface area contributed by atoms with E-state index in [1.54, 1.807) is 0 Å². The average molecular weight is 905 g/mol. The molecule has 0 aromatic carbocycles. The third-order valence-corrected chi connectivity index (χ3v) is 13.6. The van der Waals surface area contributed by atoms with Gasteiger partial charge in [0.15, 0.2) is 0 Å². The van der Waals surface area contributed by atoms with Crippen LogP contribution in [-0.4, -0.2) is 117 Å². The molecule has 0 atom stereocenters. The summed E-state index contributed by atoms with van der Waals surface area (Å²) >= 11 is 0. The van der Waals surface area contributed by atoms with Gasteiger partial charge >= 0.3 is 0 Å². The van der Waals surface area contributed by atoms with Gasteiger partial charge in [0, 0.05) is 39.1 Å². The molecule has 380 valence electrons. The van der Waals surface area contributed by atoms with Crippen molar-refractivity contribution < 1.29 is 14.4 Å². The third-order valence-electron chi connectivity index (χ3n) is 13.6. The molecule has 0 aliphatic rings. The van der Waals surface area contributed by atoms with Crippen molar-refractivity contribution in [3.05, 3.63) is 0 Å². The van der Waals surface area contributed by atoms with Gasteiger partial charge in [0.05, 0.1) is 6.54 Å². The van der Waals surface area contributed by atoms with Crippen LogP contribution in [0.5, 0.6) is 0 Å². The molecule has 0 unspecified atom stereocenters. The van der Waals surface area contributed by atoms with Gasteiger partial charge in [-0.2, -0.15) is 0 Å². The van der Waals surface area contributed by atoms with Gasteiger partial charge in [-0.3, -0.25) is 14.5 Å². The Bertz CT molecular complexity index is 953. The Morgan fingerprint density at radius 2 is 0.656 bits per heavy atom. The number of hydrogen-bond acceptors (Lipinski definition) is 6. The van der Waals surface area contributed by atoms with Crippen LogP contribution >= 0.6 is 0 Å². The third kappa shape index (κ3) is 44.3. The summed E-state index contributed by atoms with van der Waals surface area (Å²) in [5.74, 6) is 0.214. The number of nitrogens with one attached hydrogen (secondary N) is 1. The standard InChI is InChI=1S/C56H113N5O3/c1-5-9-13-17-21-22-23-24-25-28-31-35-43-58(44-38-33-34-40-53-62)48-41-49-61(50-42-57-55-63)56(64)54-60(47-39-32-27-19-15-11-7-3)52-51-59(45-36-29-20-16-12-8-4)46-37-30-26-18-14-10-6-2/h53,55H,5-52,54H2,1-4H3,(H,57,63). The van der Waals surface area contributed by atoms with E-state index in [0.717, 1.165) is 90.6 Å². The lowest BCUT2D eigenvalue weighted by Crippen LogP contribution is -2.46. The minimum absolute atomic E-state index is 0.214. The lowest BCUT2D eigenvalue weighted by Gasteiger charge is -2.31. The molecule has 64 heavy (non-hydrogen) atoms. The Morgan fingerprint density at radius 3 is 1.03 bits per heavy atom. The van der Waals surface area contributed by atoms with Crippen molar-refractivity contribution in [1.82, 2.24) is 24.9 Å². The lowest BCUT2D eigenvalue weighted by atomic mass is 10.1. The van der Waals surface area contributed by atoms with Crippen molar-refractivity contribution in [2.24, 2.45) is 0 Å². The highest BCUT2D eigenvalue weighted by Crippen LogP contribution is 2.15. The van der Waals surface area contributed by atoms with Crippen LogP contribution in [0.1, 0.15) is 265 Å². The molecule has 8 nitrogen and oxygen atoms in total. The van der Waals surface area contributed by atoms with Crippen LogP contribution in [0.4, 0.5) is 0 Å². The zero-order chi connectivity index (χ0) is 46.7. The molecule has 0 heterocycles. The smallest absolute Gasteiger partial charge is 0.236 e. The van der Waals surface area contributed by atoms with Crippen molar-refractivity contribution in [1.29, 1.82) is 0 Å². The number of rotatable bonds is 55. The Kier molecular flexibility index (Phi) is 51.2. The van der Waals surface area contributed by atoms with Gasteiger partial charge in [-0.1, -0.05) is 214 Å². The Labute approximate surface area is 400 Å². The van der Waals surface area contributed by atoms with Crippen LogP contribution in [0.3, 0.4) is 0 Å². The van der Waals surface area contributed by atoms with Gasteiger partial charge in [0.25, 0.3) is 0 Å². The zero-order valence-corrected chi connectivity index (χ0v) is 43.8. The summed E-state index contributed by atoms with van der Waals surface area (Å²) in [5, 5.41) is 2.84. The van der Waals surface area contributed by atoms with Crippen LogP contribution in [0.2, 0.25) is 0 Å². The van der Waals surface area contributed by atoms with E-state index >= 15 is 0 Å². The Hall–Kier alpha value is -1.51. The highest BCUT2D eigenvalue weighted by atomic mass is 16.2. The van der Waals surface area contributed by atoms with Crippen molar-refractivity contribution >= 4 is 18.6 Å². The number of amides is 2. The first-order chi connectivity index (χ1) is 31.6. The summed E-state index contributed by atoms with van der Waals surface area (Å²) < 4.78 is 0. The zero-order valence-electron chi connectivity index (χ0n) is 43.8. The first kappa shape index (κ1) is 62.5.